The molecule has 0 spiro atoms. The van der Waals surface area contributed by atoms with Gasteiger partial charge in [-0.05, 0) is 24.6 Å². The molecule has 0 aliphatic carbocycles. The van der Waals surface area contributed by atoms with E-state index in [1.807, 2.05) is 0 Å². The van der Waals surface area contributed by atoms with Gasteiger partial charge in [-0.15, -0.1) is 0 Å². The van der Waals surface area contributed by atoms with Gasteiger partial charge >= 0.3 is 11.9 Å². The molecule has 0 amide bonds. The molecule has 0 atom stereocenters. The fourth-order valence-electron chi connectivity index (χ4n) is 1.93. The van der Waals surface area contributed by atoms with Crippen molar-refractivity contribution in [3.63, 3.8) is 0 Å². The largest absolute Gasteiger partial charge is 0.426 e. The molecule has 0 unspecified atom stereocenters. The molecule has 0 aliphatic heterocycles. The summed E-state index contributed by atoms with van der Waals surface area (Å²) in [4.78, 5) is 35.0. The minimum Gasteiger partial charge on any atom is -0.426 e. The number of ether oxygens (including phenoxy) is 2. The summed E-state index contributed by atoms with van der Waals surface area (Å²) in [5.74, 6) is -1.70. The first-order valence-electron chi connectivity index (χ1n) is 6.79. The van der Waals surface area contributed by atoms with Gasteiger partial charge in [-0.2, -0.15) is 0 Å². The zero-order chi connectivity index (χ0) is 17.6. The number of Topliss-reactive ketones (excluding diaryl/α,β-unsaturated/α-hetero) is 1. The van der Waals surface area contributed by atoms with Crippen LogP contribution < -0.4 is 4.74 Å². The molecule has 1 aromatic carbocycles. The molecule has 6 nitrogen and oxygen atoms in total. The predicted octanol–water partition coefficient (Wildman–Crippen LogP) is 2.31. The maximum Gasteiger partial charge on any atom is 0.308 e. The molecule has 23 heavy (non-hydrogen) atoms. The maximum atomic E-state index is 12.7. The maximum absolute atomic E-state index is 12.7. The van der Waals surface area contributed by atoms with Crippen LogP contribution in [0.1, 0.15) is 36.7 Å². The van der Waals surface area contributed by atoms with Crippen molar-refractivity contribution < 1.29 is 29.0 Å². The summed E-state index contributed by atoms with van der Waals surface area (Å²) in [5, 5.41) is 9.43. The molecular formula is C17H18O6. The highest BCUT2D eigenvalue weighted by atomic mass is 16.5. The number of benzene rings is 1. The van der Waals surface area contributed by atoms with Gasteiger partial charge in [-0.1, -0.05) is 18.7 Å². The monoisotopic (exact) mass is 318 g/mol. The average molecular weight is 318 g/mol. The Balaban J connectivity index is 3.45. The molecule has 1 N–H and O–H groups in total. The minimum absolute atomic E-state index is 0.00372. The van der Waals surface area contributed by atoms with Gasteiger partial charge in [-0.3, -0.25) is 14.4 Å². The number of aliphatic hydroxyl groups excluding tert-OH is 1. The second-order valence-electron chi connectivity index (χ2n) is 4.66. The smallest absolute Gasteiger partial charge is 0.308 e. The Kier molecular flexibility index (Phi) is 6.41. The molecular weight excluding hydrogens is 300 g/mol. The van der Waals surface area contributed by atoms with E-state index in [9.17, 15) is 19.5 Å². The third-order valence-electron chi connectivity index (χ3n) is 2.91. The molecule has 0 heterocycles. The molecule has 0 bridgehead atoms. The van der Waals surface area contributed by atoms with Crippen LogP contribution in [0.2, 0.25) is 0 Å². The van der Waals surface area contributed by atoms with Gasteiger partial charge in [0.25, 0.3) is 0 Å². The summed E-state index contributed by atoms with van der Waals surface area (Å²) in [6.07, 6.45) is 1.24. The van der Waals surface area contributed by atoms with Crippen LogP contribution in [-0.2, 0) is 20.9 Å². The van der Waals surface area contributed by atoms with E-state index in [1.165, 1.54) is 39.0 Å². The van der Waals surface area contributed by atoms with E-state index >= 15 is 0 Å². The first-order valence-corrected chi connectivity index (χ1v) is 6.79. The van der Waals surface area contributed by atoms with Crippen LogP contribution in [0.4, 0.5) is 0 Å². The standard InChI is InChI=1S/C17H18O6/c1-5-14(22-11(3)19)10(2)17(21)16-13(9-18)7-6-8-15(16)23-12(4)20/h5-8,18H,1,9H2,2-4H3/b14-10-. The Morgan fingerprint density at radius 3 is 2.30 bits per heavy atom. The molecule has 1 aromatic rings. The summed E-state index contributed by atoms with van der Waals surface area (Å²) in [6, 6.07) is 4.54. The van der Waals surface area contributed by atoms with E-state index in [0.717, 1.165) is 0 Å². The number of ketones is 1. The summed E-state index contributed by atoms with van der Waals surface area (Å²) < 4.78 is 9.96. The van der Waals surface area contributed by atoms with Crippen LogP contribution in [0.25, 0.3) is 0 Å². The zero-order valence-electron chi connectivity index (χ0n) is 13.2. The van der Waals surface area contributed by atoms with Gasteiger partial charge in [0.1, 0.15) is 11.5 Å². The quantitative estimate of drug-likeness (QED) is 0.216. The van der Waals surface area contributed by atoms with Crippen molar-refractivity contribution in [2.45, 2.75) is 27.4 Å². The topological polar surface area (TPSA) is 89.9 Å². The van der Waals surface area contributed by atoms with Crippen molar-refractivity contribution in [1.82, 2.24) is 0 Å². The number of hydrogen-bond acceptors (Lipinski definition) is 6. The Bertz CT molecular complexity index is 684. The third kappa shape index (κ3) is 4.62. The van der Waals surface area contributed by atoms with Crippen LogP contribution in [0.15, 0.2) is 42.2 Å². The SMILES string of the molecule is C=C/C(OC(C)=O)=C(\C)C(=O)c1c(CO)cccc1OC(C)=O. The minimum atomic E-state index is -0.597. The van der Waals surface area contributed by atoms with Crippen molar-refractivity contribution in [2.75, 3.05) is 0 Å². The first-order chi connectivity index (χ1) is 10.8. The molecule has 0 saturated heterocycles. The van der Waals surface area contributed by atoms with E-state index in [1.54, 1.807) is 6.07 Å². The zero-order valence-corrected chi connectivity index (χ0v) is 13.2. The lowest BCUT2D eigenvalue weighted by molar-refractivity contribution is -0.136. The van der Waals surface area contributed by atoms with Crippen LogP contribution in [-0.4, -0.2) is 22.8 Å². The van der Waals surface area contributed by atoms with Gasteiger partial charge in [0.05, 0.1) is 12.2 Å². The molecule has 0 aromatic heterocycles. The summed E-state index contributed by atoms with van der Waals surface area (Å²) in [6.45, 7) is 6.95. The van der Waals surface area contributed by atoms with E-state index in [0.29, 0.717) is 5.56 Å². The average Bonchev–Trinajstić information content (AvgIpc) is 2.50. The molecule has 122 valence electrons. The Morgan fingerprint density at radius 2 is 1.83 bits per heavy atom. The van der Waals surface area contributed by atoms with Gasteiger partial charge in [0.15, 0.2) is 5.78 Å². The highest BCUT2D eigenvalue weighted by molar-refractivity contribution is 6.12. The number of aliphatic hydroxyl groups is 1. The summed E-state index contributed by atoms with van der Waals surface area (Å²) >= 11 is 0. The molecule has 6 heteroatoms. The fraction of sp³-hybridized carbons (Fsp3) is 0.235. The Morgan fingerprint density at radius 1 is 1.17 bits per heavy atom. The summed E-state index contributed by atoms with van der Waals surface area (Å²) in [5.41, 5.74) is 0.429. The van der Waals surface area contributed by atoms with Crippen molar-refractivity contribution in [3.05, 3.63) is 53.3 Å². The second kappa shape index (κ2) is 8.05. The highest BCUT2D eigenvalue weighted by Gasteiger charge is 2.22. The summed E-state index contributed by atoms with van der Waals surface area (Å²) in [7, 11) is 0. The van der Waals surface area contributed by atoms with Crippen LogP contribution in [0.5, 0.6) is 5.75 Å². The molecule has 0 aliphatic rings. The third-order valence-corrected chi connectivity index (χ3v) is 2.91. The molecule has 1 rings (SSSR count). The van der Waals surface area contributed by atoms with Crippen molar-refractivity contribution >= 4 is 17.7 Å². The molecule has 0 fully saturated rings. The fourth-order valence-corrected chi connectivity index (χ4v) is 1.93. The van der Waals surface area contributed by atoms with Gasteiger partial charge < -0.3 is 14.6 Å². The van der Waals surface area contributed by atoms with Crippen molar-refractivity contribution in [1.29, 1.82) is 0 Å². The number of hydrogen-bond donors (Lipinski definition) is 1. The number of rotatable bonds is 6. The number of carbonyl (C=O) groups excluding carboxylic acids is 3. The Hall–Kier alpha value is -2.73. The van der Waals surface area contributed by atoms with Gasteiger partial charge in [0, 0.05) is 19.4 Å². The molecule has 0 saturated carbocycles. The molecule has 0 radical (unpaired) electrons. The van der Waals surface area contributed by atoms with Crippen LogP contribution in [0, 0.1) is 0 Å². The number of carbonyl (C=O) groups is 3. The second-order valence-corrected chi connectivity index (χ2v) is 4.66. The lowest BCUT2D eigenvalue weighted by Gasteiger charge is -2.13. The predicted molar refractivity (Wildman–Crippen MR) is 82.7 cm³/mol. The lowest BCUT2D eigenvalue weighted by atomic mass is 9.97. The van der Waals surface area contributed by atoms with Gasteiger partial charge in [0.2, 0.25) is 0 Å². The number of esters is 2. The van der Waals surface area contributed by atoms with E-state index in [4.69, 9.17) is 9.47 Å². The lowest BCUT2D eigenvalue weighted by Crippen LogP contribution is -2.13. The van der Waals surface area contributed by atoms with Crippen molar-refractivity contribution in [2.24, 2.45) is 0 Å². The van der Waals surface area contributed by atoms with E-state index < -0.39 is 24.3 Å². The number of allylic oxidation sites excluding steroid dienone is 2. The normalized spacial score (nSPS) is 11.3. The van der Waals surface area contributed by atoms with E-state index in [-0.39, 0.29) is 22.6 Å². The Labute approximate surface area is 134 Å². The highest BCUT2D eigenvalue weighted by Crippen LogP contribution is 2.27. The van der Waals surface area contributed by atoms with Crippen LogP contribution >= 0.6 is 0 Å². The first kappa shape index (κ1) is 18.3. The van der Waals surface area contributed by atoms with Crippen molar-refractivity contribution in [3.8, 4) is 5.75 Å². The van der Waals surface area contributed by atoms with Gasteiger partial charge in [-0.25, -0.2) is 0 Å². The van der Waals surface area contributed by atoms with E-state index in [2.05, 4.69) is 6.58 Å². The van der Waals surface area contributed by atoms with Crippen LogP contribution in [0.3, 0.4) is 0 Å².